The lowest BCUT2D eigenvalue weighted by atomic mass is 10.6. The number of imidazole rings is 1. The minimum Gasteiger partial charge on any atom is -0.479 e. The van der Waals surface area contributed by atoms with E-state index in [1.807, 2.05) is 0 Å². The second-order valence-corrected chi connectivity index (χ2v) is 1.47. The van der Waals surface area contributed by atoms with Gasteiger partial charge in [0.05, 0.1) is 7.11 Å². The fourth-order valence-corrected chi connectivity index (χ4v) is 0.486. The molecule has 2 N–H and O–H groups in total. The lowest BCUT2D eigenvalue weighted by molar-refractivity contribution is 0.398. The second kappa shape index (κ2) is 2.30. The topological polar surface area (TPSA) is 61.8 Å². The van der Waals surface area contributed by atoms with Gasteiger partial charge in [0, 0.05) is 12.4 Å². The van der Waals surface area contributed by atoms with Gasteiger partial charge in [0.25, 0.3) is 0 Å². The first-order chi connectivity index (χ1) is 4.34. The summed E-state index contributed by atoms with van der Waals surface area (Å²) in [5.74, 6) is 0.512. The van der Waals surface area contributed by atoms with Gasteiger partial charge in [-0.1, -0.05) is 0 Å². The second-order valence-electron chi connectivity index (χ2n) is 1.47. The van der Waals surface area contributed by atoms with E-state index in [0.717, 1.165) is 0 Å². The van der Waals surface area contributed by atoms with Crippen molar-refractivity contribution >= 4 is 5.90 Å². The highest BCUT2D eigenvalue weighted by molar-refractivity contribution is 5.87. The molecular weight excluding hydrogens is 118 g/mol. The molecule has 1 heterocycles. The highest BCUT2D eigenvalue weighted by Crippen LogP contribution is 1.88. The molecule has 0 unspecified atom stereocenters. The molecule has 0 bridgehead atoms. The van der Waals surface area contributed by atoms with Gasteiger partial charge in [-0.05, 0) is 0 Å². The molecule has 0 aliphatic rings. The normalized spacial score (nSPS) is 9.00. The Kier molecular flexibility index (Phi) is 1.48. The standard InChI is InChI=1S/C5H7N3O/c1-9-4(6)5-7-2-3-8-5/h2-3,6H,1H3,(H,7,8). The summed E-state index contributed by atoms with van der Waals surface area (Å²) in [6, 6.07) is 0. The molecule has 0 radical (unpaired) electrons. The number of ether oxygens (including phenoxy) is 1. The van der Waals surface area contributed by atoms with Gasteiger partial charge in [-0.25, -0.2) is 4.98 Å². The van der Waals surface area contributed by atoms with Crippen LogP contribution >= 0.6 is 0 Å². The summed E-state index contributed by atoms with van der Waals surface area (Å²) < 4.78 is 4.58. The van der Waals surface area contributed by atoms with Crippen LogP contribution in [0.2, 0.25) is 0 Å². The average molecular weight is 125 g/mol. The SMILES string of the molecule is COC(=N)c1ncc[nH]1. The van der Waals surface area contributed by atoms with Crippen LogP contribution in [-0.4, -0.2) is 23.0 Å². The van der Waals surface area contributed by atoms with Crippen LogP contribution in [0.5, 0.6) is 0 Å². The van der Waals surface area contributed by atoms with Gasteiger partial charge in [-0.3, -0.25) is 5.41 Å². The molecule has 1 aromatic rings. The van der Waals surface area contributed by atoms with Crippen LogP contribution in [0.3, 0.4) is 0 Å². The number of rotatable bonds is 1. The van der Waals surface area contributed by atoms with E-state index in [9.17, 15) is 0 Å². The first kappa shape index (κ1) is 5.81. The number of H-pyrrole nitrogens is 1. The Hall–Kier alpha value is -1.32. The van der Waals surface area contributed by atoms with Crippen molar-refractivity contribution in [3.8, 4) is 0 Å². The predicted octanol–water partition coefficient (Wildman–Crippen LogP) is 0.381. The molecule has 4 nitrogen and oxygen atoms in total. The number of hydrogen-bond acceptors (Lipinski definition) is 3. The third kappa shape index (κ3) is 1.07. The van der Waals surface area contributed by atoms with Crippen molar-refractivity contribution in [1.82, 2.24) is 9.97 Å². The van der Waals surface area contributed by atoms with E-state index in [4.69, 9.17) is 5.41 Å². The fourth-order valence-electron chi connectivity index (χ4n) is 0.486. The minimum absolute atomic E-state index is 0.0556. The van der Waals surface area contributed by atoms with Crippen molar-refractivity contribution in [1.29, 1.82) is 5.41 Å². The average Bonchev–Trinajstić information content (AvgIpc) is 2.37. The van der Waals surface area contributed by atoms with Crippen molar-refractivity contribution in [2.75, 3.05) is 7.11 Å². The largest absolute Gasteiger partial charge is 0.479 e. The van der Waals surface area contributed by atoms with Gasteiger partial charge >= 0.3 is 0 Å². The van der Waals surface area contributed by atoms with E-state index in [1.54, 1.807) is 12.4 Å². The Morgan fingerprint density at radius 2 is 2.67 bits per heavy atom. The number of aromatic amines is 1. The Bertz CT molecular complexity index is 192. The van der Waals surface area contributed by atoms with Crippen molar-refractivity contribution in [2.45, 2.75) is 0 Å². The summed E-state index contributed by atoms with van der Waals surface area (Å²) in [4.78, 5) is 6.51. The van der Waals surface area contributed by atoms with E-state index in [1.165, 1.54) is 7.11 Å². The van der Waals surface area contributed by atoms with Gasteiger partial charge in [-0.2, -0.15) is 0 Å². The van der Waals surface area contributed by atoms with Gasteiger partial charge < -0.3 is 9.72 Å². The number of hydrogen-bond donors (Lipinski definition) is 2. The van der Waals surface area contributed by atoms with E-state index >= 15 is 0 Å². The molecule has 0 atom stereocenters. The van der Waals surface area contributed by atoms with Crippen LogP contribution in [0.25, 0.3) is 0 Å². The molecule has 0 aromatic carbocycles. The molecule has 1 aromatic heterocycles. The van der Waals surface area contributed by atoms with Crippen LogP contribution in [0.15, 0.2) is 12.4 Å². The monoisotopic (exact) mass is 125 g/mol. The summed E-state index contributed by atoms with van der Waals surface area (Å²) >= 11 is 0. The quantitative estimate of drug-likeness (QED) is 0.421. The minimum atomic E-state index is 0.0556. The number of nitrogens with one attached hydrogen (secondary N) is 2. The Labute approximate surface area is 52.4 Å². The van der Waals surface area contributed by atoms with Crippen molar-refractivity contribution in [3.63, 3.8) is 0 Å². The van der Waals surface area contributed by atoms with E-state index < -0.39 is 0 Å². The molecule has 1 rings (SSSR count). The lowest BCUT2D eigenvalue weighted by Gasteiger charge is -1.94. The maximum absolute atomic E-state index is 7.08. The zero-order chi connectivity index (χ0) is 6.69. The van der Waals surface area contributed by atoms with E-state index in [2.05, 4.69) is 14.7 Å². The first-order valence-electron chi connectivity index (χ1n) is 2.47. The molecule has 4 heteroatoms. The number of methoxy groups -OCH3 is 1. The first-order valence-corrected chi connectivity index (χ1v) is 2.47. The molecular formula is C5H7N3O. The van der Waals surface area contributed by atoms with Gasteiger partial charge in [-0.15, -0.1) is 0 Å². The highest BCUT2D eigenvalue weighted by atomic mass is 16.5. The maximum atomic E-state index is 7.08. The van der Waals surface area contributed by atoms with Gasteiger partial charge in [0.1, 0.15) is 0 Å². The van der Waals surface area contributed by atoms with Gasteiger partial charge in [0.2, 0.25) is 5.90 Å². The molecule has 0 aliphatic carbocycles. The third-order valence-corrected chi connectivity index (χ3v) is 0.917. The summed E-state index contributed by atoms with van der Waals surface area (Å²) in [5.41, 5.74) is 0. The molecule has 0 aliphatic heterocycles. The summed E-state index contributed by atoms with van der Waals surface area (Å²) in [5, 5.41) is 7.08. The van der Waals surface area contributed by atoms with Crippen molar-refractivity contribution in [2.24, 2.45) is 0 Å². The molecule has 0 saturated carbocycles. The maximum Gasteiger partial charge on any atom is 0.249 e. The fraction of sp³-hybridized carbons (Fsp3) is 0.200. The van der Waals surface area contributed by atoms with E-state index in [-0.39, 0.29) is 5.90 Å². The Balaban J connectivity index is 2.77. The Morgan fingerprint density at radius 3 is 3.11 bits per heavy atom. The van der Waals surface area contributed by atoms with Crippen LogP contribution < -0.4 is 0 Å². The summed E-state index contributed by atoms with van der Waals surface area (Å²) in [7, 11) is 1.44. The number of aromatic nitrogens is 2. The molecule has 0 amide bonds. The third-order valence-electron chi connectivity index (χ3n) is 0.917. The van der Waals surface area contributed by atoms with E-state index in [0.29, 0.717) is 5.82 Å². The molecule has 0 spiro atoms. The van der Waals surface area contributed by atoms with Gasteiger partial charge in [0.15, 0.2) is 5.82 Å². The predicted molar refractivity (Wildman–Crippen MR) is 32.4 cm³/mol. The molecule has 0 saturated heterocycles. The van der Waals surface area contributed by atoms with Crippen molar-refractivity contribution in [3.05, 3.63) is 18.2 Å². The molecule has 0 fully saturated rings. The van der Waals surface area contributed by atoms with Crippen LogP contribution in [0, 0.1) is 5.41 Å². The highest BCUT2D eigenvalue weighted by Gasteiger charge is 1.99. The molecule has 48 valence electrons. The molecule has 9 heavy (non-hydrogen) atoms. The lowest BCUT2D eigenvalue weighted by Crippen LogP contribution is -2.02. The Morgan fingerprint density at radius 1 is 1.89 bits per heavy atom. The van der Waals surface area contributed by atoms with Crippen molar-refractivity contribution < 1.29 is 4.74 Å². The van der Waals surface area contributed by atoms with Crippen LogP contribution in [0.1, 0.15) is 5.82 Å². The summed E-state index contributed by atoms with van der Waals surface area (Å²) in [6.45, 7) is 0. The van der Waals surface area contributed by atoms with Crippen LogP contribution in [0.4, 0.5) is 0 Å². The zero-order valence-electron chi connectivity index (χ0n) is 5.01. The number of nitrogens with zero attached hydrogens (tertiary/aromatic N) is 1. The van der Waals surface area contributed by atoms with Crippen LogP contribution in [-0.2, 0) is 4.74 Å². The summed E-state index contributed by atoms with van der Waals surface area (Å²) in [6.07, 6.45) is 3.21. The smallest absolute Gasteiger partial charge is 0.249 e. The zero-order valence-corrected chi connectivity index (χ0v) is 5.01.